The molecule has 2 atom stereocenters. The maximum atomic E-state index is 11.6. The second-order valence-electron chi connectivity index (χ2n) is 5.61. The van der Waals surface area contributed by atoms with E-state index < -0.39 is 5.97 Å². The normalized spacial score (nSPS) is 23.4. The molecule has 0 amide bonds. The highest BCUT2D eigenvalue weighted by Crippen LogP contribution is 2.39. The highest BCUT2D eigenvalue weighted by Gasteiger charge is 2.31. The van der Waals surface area contributed by atoms with Gasteiger partial charge < -0.3 is 5.11 Å². The third-order valence-corrected chi connectivity index (χ3v) is 4.41. The van der Waals surface area contributed by atoms with Gasteiger partial charge in [0.1, 0.15) is 0 Å². The van der Waals surface area contributed by atoms with Gasteiger partial charge in [0.15, 0.2) is 0 Å². The molecule has 1 aliphatic rings. The molecule has 2 unspecified atom stereocenters. The first-order valence-electron chi connectivity index (χ1n) is 7.34. The van der Waals surface area contributed by atoms with Crippen LogP contribution in [0.5, 0.6) is 0 Å². The standard InChI is InChI=1S/C17H19NO2/c19-17(20)15-7-3-1-2-6-13(15)12-8-4-10-16-14(12)9-5-11-18-16/h4-5,8-11,13,15H,1-3,6-7H2,(H,19,20). The number of hydrogen-bond acceptors (Lipinski definition) is 2. The number of benzene rings is 1. The zero-order valence-electron chi connectivity index (χ0n) is 11.5. The van der Waals surface area contributed by atoms with Crippen LogP contribution < -0.4 is 0 Å². The van der Waals surface area contributed by atoms with E-state index in [2.05, 4.69) is 17.1 Å². The van der Waals surface area contributed by atoms with Crippen LogP contribution in [0.2, 0.25) is 0 Å². The Bertz CT molecular complexity index is 618. The maximum absolute atomic E-state index is 11.6. The molecular formula is C17H19NO2. The van der Waals surface area contributed by atoms with E-state index in [0.717, 1.165) is 48.6 Å². The number of hydrogen-bond donors (Lipinski definition) is 1. The van der Waals surface area contributed by atoms with Gasteiger partial charge in [-0.25, -0.2) is 0 Å². The number of rotatable bonds is 2. The number of pyridine rings is 1. The van der Waals surface area contributed by atoms with Gasteiger partial charge in [0.05, 0.1) is 11.4 Å². The van der Waals surface area contributed by atoms with Crippen molar-refractivity contribution in [2.45, 2.75) is 38.0 Å². The molecule has 0 aliphatic heterocycles. The molecule has 3 nitrogen and oxygen atoms in total. The lowest BCUT2D eigenvalue weighted by molar-refractivity contribution is -0.142. The molecule has 2 aromatic rings. The molecule has 0 radical (unpaired) electrons. The Labute approximate surface area is 118 Å². The molecule has 1 heterocycles. The second-order valence-corrected chi connectivity index (χ2v) is 5.61. The van der Waals surface area contributed by atoms with Gasteiger partial charge in [0, 0.05) is 11.6 Å². The molecule has 20 heavy (non-hydrogen) atoms. The molecule has 1 aromatic heterocycles. The minimum absolute atomic E-state index is 0.114. The van der Waals surface area contributed by atoms with E-state index in [-0.39, 0.29) is 11.8 Å². The Hall–Kier alpha value is -1.90. The first-order valence-corrected chi connectivity index (χ1v) is 7.34. The molecule has 104 valence electrons. The second kappa shape index (κ2) is 5.61. The summed E-state index contributed by atoms with van der Waals surface area (Å²) in [6.07, 6.45) is 6.82. The highest BCUT2D eigenvalue weighted by atomic mass is 16.4. The summed E-state index contributed by atoms with van der Waals surface area (Å²) < 4.78 is 0. The molecule has 3 heteroatoms. The Morgan fingerprint density at radius 2 is 1.95 bits per heavy atom. The lowest BCUT2D eigenvalue weighted by atomic mass is 9.81. The Balaban J connectivity index is 2.09. The van der Waals surface area contributed by atoms with Gasteiger partial charge in [0.2, 0.25) is 0 Å². The molecule has 1 aromatic carbocycles. The van der Waals surface area contributed by atoms with E-state index in [4.69, 9.17) is 0 Å². The van der Waals surface area contributed by atoms with E-state index in [9.17, 15) is 9.90 Å². The molecule has 0 spiro atoms. The molecule has 1 aliphatic carbocycles. The lowest BCUT2D eigenvalue weighted by Gasteiger charge is -2.23. The summed E-state index contributed by atoms with van der Waals surface area (Å²) in [5.74, 6) is -0.802. The number of aromatic nitrogens is 1. The monoisotopic (exact) mass is 269 g/mol. The Morgan fingerprint density at radius 3 is 2.80 bits per heavy atom. The van der Waals surface area contributed by atoms with Crippen molar-refractivity contribution in [1.82, 2.24) is 4.98 Å². The summed E-state index contributed by atoms with van der Waals surface area (Å²) in [6, 6.07) is 10.1. The molecule has 0 bridgehead atoms. The van der Waals surface area contributed by atoms with Crippen molar-refractivity contribution in [3.8, 4) is 0 Å². The summed E-state index contributed by atoms with van der Waals surface area (Å²) in [4.78, 5) is 16.0. The summed E-state index contributed by atoms with van der Waals surface area (Å²) >= 11 is 0. The third kappa shape index (κ3) is 2.40. The van der Waals surface area contributed by atoms with Crippen molar-refractivity contribution in [2.75, 3.05) is 0 Å². The Morgan fingerprint density at radius 1 is 1.10 bits per heavy atom. The fraction of sp³-hybridized carbons (Fsp3) is 0.412. The third-order valence-electron chi connectivity index (χ3n) is 4.41. The van der Waals surface area contributed by atoms with Gasteiger partial charge in [-0.05, 0) is 36.5 Å². The largest absolute Gasteiger partial charge is 0.481 e. The number of carbonyl (C=O) groups is 1. The van der Waals surface area contributed by atoms with Gasteiger partial charge >= 0.3 is 5.97 Å². The van der Waals surface area contributed by atoms with Crippen LogP contribution in [0.1, 0.15) is 43.6 Å². The first kappa shape index (κ1) is 13.1. The number of nitrogens with zero attached hydrogens (tertiary/aromatic N) is 1. The average molecular weight is 269 g/mol. The molecular weight excluding hydrogens is 250 g/mol. The topological polar surface area (TPSA) is 50.2 Å². The minimum Gasteiger partial charge on any atom is -0.481 e. The first-order chi connectivity index (χ1) is 9.77. The predicted molar refractivity (Wildman–Crippen MR) is 78.7 cm³/mol. The van der Waals surface area contributed by atoms with E-state index in [0.29, 0.717) is 0 Å². The van der Waals surface area contributed by atoms with Crippen molar-refractivity contribution >= 4 is 16.9 Å². The summed E-state index contributed by atoms with van der Waals surface area (Å²) in [5.41, 5.74) is 2.11. The maximum Gasteiger partial charge on any atom is 0.307 e. The number of aliphatic carboxylic acids is 1. The van der Waals surface area contributed by atoms with Crippen LogP contribution in [0.4, 0.5) is 0 Å². The van der Waals surface area contributed by atoms with Crippen LogP contribution in [0.15, 0.2) is 36.5 Å². The zero-order valence-corrected chi connectivity index (χ0v) is 11.5. The highest BCUT2D eigenvalue weighted by molar-refractivity contribution is 5.83. The summed E-state index contributed by atoms with van der Waals surface area (Å²) in [7, 11) is 0. The van der Waals surface area contributed by atoms with E-state index in [1.165, 1.54) is 0 Å². The van der Waals surface area contributed by atoms with Crippen LogP contribution >= 0.6 is 0 Å². The van der Waals surface area contributed by atoms with Gasteiger partial charge in [-0.1, -0.05) is 37.5 Å². The molecule has 1 N–H and O–H groups in total. The SMILES string of the molecule is O=C(O)C1CCCCCC1c1cccc2ncccc12. The van der Waals surface area contributed by atoms with Crippen molar-refractivity contribution in [1.29, 1.82) is 0 Å². The minimum atomic E-state index is -0.655. The van der Waals surface area contributed by atoms with Gasteiger partial charge in [0.25, 0.3) is 0 Å². The average Bonchev–Trinajstić information content (AvgIpc) is 2.72. The van der Waals surface area contributed by atoms with Crippen LogP contribution in [-0.2, 0) is 4.79 Å². The number of fused-ring (bicyclic) bond motifs is 1. The van der Waals surface area contributed by atoms with Crippen molar-refractivity contribution in [2.24, 2.45) is 5.92 Å². The smallest absolute Gasteiger partial charge is 0.307 e. The number of carboxylic acid groups (broad SMARTS) is 1. The predicted octanol–water partition coefficient (Wildman–Crippen LogP) is 3.98. The van der Waals surface area contributed by atoms with Crippen LogP contribution in [0.25, 0.3) is 10.9 Å². The molecule has 1 saturated carbocycles. The van der Waals surface area contributed by atoms with Gasteiger partial charge in [-0.3, -0.25) is 9.78 Å². The Kier molecular flexibility index (Phi) is 3.68. The summed E-state index contributed by atoms with van der Waals surface area (Å²) in [6.45, 7) is 0. The van der Waals surface area contributed by atoms with Gasteiger partial charge in [-0.15, -0.1) is 0 Å². The van der Waals surface area contributed by atoms with Crippen LogP contribution in [-0.4, -0.2) is 16.1 Å². The molecule has 3 rings (SSSR count). The van der Waals surface area contributed by atoms with Gasteiger partial charge in [-0.2, -0.15) is 0 Å². The summed E-state index contributed by atoms with van der Waals surface area (Å²) in [5, 5.41) is 10.7. The molecule has 1 fully saturated rings. The van der Waals surface area contributed by atoms with Crippen molar-refractivity contribution in [3.05, 3.63) is 42.1 Å². The van der Waals surface area contributed by atoms with Crippen LogP contribution in [0, 0.1) is 5.92 Å². The number of carboxylic acids is 1. The van der Waals surface area contributed by atoms with E-state index >= 15 is 0 Å². The van der Waals surface area contributed by atoms with Crippen molar-refractivity contribution in [3.63, 3.8) is 0 Å². The quantitative estimate of drug-likeness (QED) is 0.839. The van der Waals surface area contributed by atoms with Crippen molar-refractivity contribution < 1.29 is 9.90 Å². The molecule has 0 saturated heterocycles. The van der Waals surface area contributed by atoms with E-state index in [1.807, 2.05) is 18.2 Å². The van der Waals surface area contributed by atoms with Crippen LogP contribution in [0.3, 0.4) is 0 Å². The fourth-order valence-electron chi connectivity index (χ4n) is 3.43. The fourth-order valence-corrected chi connectivity index (χ4v) is 3.43. The zero-order chi connectivity index (χ0) is 13.9. The van der Waals surface area contributed by atoms with E-state index in [1.54, 1.807) is 6.20 Å². The lowest BCUT2D eigenvalue weighted by Crippen LogP contribution is -2.21.